The quantitative estimate of drug-likeness (QED) is 0.683. The maximum atomic E-state index is 11.2. The summed E-state index contributed by atoms with van der Waals surface area (Å²) in [5, 5.41) is 9.43. The number of amides is 2. The molecular formula is C8H14N4O. The Kier molecular flexibility index (Phi) is 2.55. The van der Waals surface area contributed by atoms with E-state index in [1.165, 1.54) is 4.90 Å². The third kappa shape index (κ3) is 1.99. The van der Waals surface area contributed by atoms with Gasteiger partial charge in [0.25, 0.3) is 0 Å². The van der Waals surface area contributed by atoms with Gasteiger partial charge in [-0.05, 0) is 13.8 Å². The van der Waals surface area contributed by atoms with Crippen molar-refractivity contribution >= 4 is 11.8 Å². The average Bonchev–Trinajstić information content (AvgIpc) is 2.36. The summed E-state index contributed by atoms with van der Waals surface area (Å²) in [6, 6.07) is -0.172. The van der Waals surface area contributed by atoms with Crippen LogP contribution in [0.25, 0.3) is 0 Å². The van der Waals surface area contributed by atoms with Gasteiger partial charge < -0.3 is 4.90 Å². The van der Waals surface area contributed by atoms with Crippen LogP contribution in [0.4, 0.5) is 10.6 Å². The van der Waals surface area contributed by atoms with E-state index in [0.29, 0.717) is 5.82 Å². The lowest BCUT2D eigenvalue weighted by atomic mass is 10.3. The third-order valence-corrected chi connectivity index (χ3v) is 1.88. The Morgan fingerprint density at radius 1 is 1.46 bits per heavy atom. The van der Waals surface area contributed by atoms with Crippen LogP contribution in [-0.2, 0) is 0 Å². The van der Waals surface area contributed by atoms with Gasteiger partial charge in [0.05, 0.1) is 0 Å². The number of carbonyl (C=O) groups excluding carboxylic acids is 1. The largest absolute Gasteiger partial charge is 0.331 e. The molecule has 5 heteroatoms. The van der Waals surface area contributed by atoms with Crippen LogP contribution in [0.15, 0.2) is 0 Å². The second kappa shape index (κ2) is 3.47. The highest BCUT2D eigenvalue weighted by Gasteiger charge is 2.09. The van der Waals surface area contributed by atoms with Crippen molar-refractivity contribution in [1.82, 2.24) is 15.1 Å². The van der Waals surface area contributed by atoms with Gasteiger partial charge in [0.1, 0.15) is 0 Å². The first-order valence-corrected chi connectivity index (χ1v) is 4.02. The number of nitrogens with one attached hydrogen (secondary N) is 2. The Bertz CT molecular complexity index is 316. The van der Waals surface area contributed by atoms with E-state index in [1.54, 1.807) is 14.1 Å². The Labute approximate surface area is 77.1 Å². The lowest BCUT2D eigenvalue weighted by Crippen LogP contribution is -2.27. The van der Waals surface area contributed by atoms with Gasteiger partial charge in [-0.15, -0.1) is 0 Å². The molecule has 1 rings (SSSR count). The highest BCUT2D eigenvalue weighted by atomic mass is 16.2. The predicted molar refractivity (Wildman–Crippen MR) is 50.8 cm³/mol. The zero-order chi connectivity index (χ0) is 10.0. The molecule has 0 atom stereocenters. The first-order valence-electron chi connectivity index (χ1n) is 4.02. The Balaban J connectivity index is 2.75. The smallest absolute Gasteiger partial charge is 0.322 e. The van der Waals surface area contributed by atoms with E-state index in [2.05, 4.69) is 15.5 Å². The summed E-state index contributed by atoms with van der Waals surface area (Å²) in [6.45, 7) is 3.82. The fraction of sp³-hybridized carbons (Fsp3) is 0.500. The molecule has 0 fully saturated rings. The maximum absolute atomic E-state index is 11.2. The molecule has 0 aromatic carbocycles. The molecule has 2 amide bonds. The van der Waals surface area contributed by atoms with E-state index in [0.717, 1.165) is 11.3 Å². The first-order chi connectivity index (χ1) is 6.02. The Morgan fingerprint density at radius 2 is 2.08 bits per heavy atom. The van der Waals surface area contributed by atoms with Crippen LogP contribution in [0.5, 0.6) is 0 Å². The summed E-state index contributed by atoms with van der Waals surface area (Å²) in [5.41, 5.74) is 1.93. The first kappa shape index (κ1) is 9.57. The summed E-state index contributed by atoms with van der Waals surface area (Å²) < 4.78 is 0. The molecule has 13 heavy (non-hydrogen) atoms. The number of urea groups is 1. The van der Waals surface area contributed by atoms with Crippen molar-refractivity contribution in [2.45, 2.75) is 13.8 Å². The minimum absolute atomic E-state index is 0.172. The zero-order valence-corrected chi connectivity index (χ0v) is 8.30. The van der Waals surface area contributed by atoms with Gasteiger partial charge in [0.15, 0.2) is 5.82 Å². The molecule has 0 saturated heterocycles. The summed E-state index contributed by atoms with van der Waals surface area (Å²) in [4.78, 5) is 12.7. The van der Waals surface area contributed by atoms with Crippen LogP contribution in [0.2, 0.25) is 0 Å². The van der Waals surface area contributed by atoms with Crippen molar-refractivity contribution < 1.29 is 4.79 Å². The van der Waals surface area contributed by atoms with E-state index in [1.807, 2.05) is 13.8 Å². The van der Waals surface area contributed by atoms with E-state index >= 15 is 0 Å². The van der Waals surface area contributed by atoms with Crippen LogP contribution < -0.4 is 5.32 Å². The van der Waals surface area contributed by atoms with Crippen LogP contribution in [0.1, 0.15) is 11.3 Å². The average molecular weight is 182 g/mol. The van der Waals surface area contributed by atoms with Crippen LogP contribution in [-0.4, -0.2) is 35.2 Å². The van der Waals surface area contributed by atoms with Crippen molar-refractivity contribution in [3.8, 4) is 0 Å². The monoisotopic (exact) mass is 182 g/mol. The van der Waals surface area contributed by atoms with Crippen molar-refractivity contribution in [2.24, 2.45) is 0 Å². The van der Waals surface area contributed by atoms with E-state index in [-0.39, 0.29) is 6.03 Å². The standard InChI is InChI=1S/C8H14N4O/c1-5-6(2)10-11-7(5)9-8(13)12(3)4/h1-4H3,(H2,9,10,11,13). The SMILES string of the molecule is Cc1[nH]nc(NC(=O)N(C)C)c1C. The molecular weight excluding hydrogens is 168 g/mol. The molecule has 5 nitrogen and oxygen atoms in total. The lowest BCUT2D eigenvalue weighted by Gasteiger charge is -2.10. The Hall–Kier alpha value is -1.52. The van der Waals surface area contributed by atoms with Crippen molar-refractivity contribution in [3.05, 3.63) is 11.3 Å². The van der Waals surface area contributed by atoms with E-state index in [4.69, 9.17) is 0 Å². The number of aryl methyl sites for hydroxylation is 1. The van der Waals surface area contributed by atoms with Gasteiger partial charge in [0, 0.05) is 25.4 Å². The summed E-state index contributed by atoms with van der Waals surface area (Å²) in [7, 11) is 3.37. The van der Waals surface area contributed by atoms with E-state index < -0.39 is 0 Å². The number of aromatic nitrogens is 2. The lowest BCUT2D eigenvalue weighted by molar-refractivity contribution is 0.230. The maximum Gasteiger partial charge on any atom is 0.322 e. The molecule has 72 valence electrons. The minimum atomic E-state index is -0.172. The molecule has 0 aliphatic carbocycles. The molecule has 0 aliphatic rings. The molecule has 2 N–H and O–H groups in total. The van der Waals surface area contributed by atoms with Crippen molar-refractivity contribution in [2.75, 3.05) is 19.4 Å². The number of aromatic amines is 1. The fourth-order valence-electron chi connectivity index (χ4n) is 0.820. The third-order valence-electron chi connectivity index (χ3n) is 1.88. The normalized spacial score (nSPS) is 9.85. The molecule has 1 aromatic rings. The van der Waals surface area contributed by atoms with Crippen LogP contribution in [0.3, 0.4) is 0 Å². The predicted octanol–water partition coefficient (Wildman–Crippen LogP) is 1.12. The van der Waals surface area contributed by atoms with Crippen LogP contribution in [0, 0.1) is 13.8 Å². The number of hydrogen-bond acceptors (Lipinski definition) is 2. The van der Waals surface area contributed by atoms with Gasteiger partial charge in [-0.3, -0.25) is 10.4 Å². The highest BCUT2D eigenvalue weighted by molar-refractivity contribution is 5.88. The Morgan fingerprint density at radius 3 is 2.46 bits per heavy atom. The van der Waals surface area contributed by atoms with Crippen molar-refractivity contribution in [3.63, 3.8) is 0 Å². The van der Waals surface area contributed by atoms with Crippen LogP contribution >= 0.6 is 0 Å². The van der Waals surface area contributed by atoms with Gasteiger partial charge in [-0.1, -0.05) is 0 Å². The summed E-state index contributed by atoms with van der Waals surface area (Å²) in [5.74, 6) is 0.594. The number of hydrogen-bond donors (Lipinski definition) is 2. The zero-order valence-electron chi connectivity index (χ0n) is 8.30. The molecule has 0 bridgehead atoms. The molecule has 0 aliphatic heterocycles. The molecule has 1 heterocycles. The number of rotatable bonds is 1. The fourth-order valence-corrected chi connectivity index (χ4v) is 0.820. The molecule has 1 aromatic heterocycles. The number of anilines is 1. The summed E-state index contributed by atoms with van der Waals surface area (Å²) in [6.07, 6.45) is 0. The summed E-state index contributed by atoms with van der Waals surface area (Å²) >= 11 is 0. The number of H-pyrrole nitrogens is 1. The van der Waals surface area contributed by atoms with Gasteiger partial charge in [-0.2, -0.15) is 5.10 Å². The minimum Gasteiger partial charge on any atom is -0.331 e. The molecule has 0 spiro atoms. The number of carbonyl (C=O) groups is 1. The van der Waals surface area contributed by atoms with Gasteiger partial charge >= 0.3 is 6.03 Å². The van der Waals surface area contributed by atoms with Gasteiger partial charge in [0.2, 0.25) is 0 Å². The van der Waals surface area contributed by atoms with Crippen molar-refractivity contribution in [1.29, 1.82) is 0 Å². The van der Waals surface area contributed by atoms with E-state index in [9.17, 15) is 4.79 Å². The second-order valence-electron chi connectivity index (χ2n) is 3.15. The topological polar surface area (TPSA) is 61.0 Å². The number of nitrogens with zero attached hydrogens (tertiary/aromatic N) is 2. The molecule has 0 radical (unpaired) electrons. The second-order valence-corrected chi connectivity index (χ2v) is 3.15. The molecule has 0 unspecified atom stereocenters. The highest BCUT2D eigenvalue weighted by Crippen LogP contribution is 2.13. The van der Waals surface area contributed by atoms with Gasteiger partial charge in [-0.25, -0.2) is 4.79 Å². The molecule has 0 saturated carbocycles.